The summed E-state index contributed by atoms with van der Waals surface area (Å²) in [5, 5.41) is 4.79. The van der Waals surface area contributed by atoms with Crippen molar-refractivity contribution >= 4 is 37.8 Å². The molecule has 5 nitrogen and oxygen atoms in total. The van der Waals surface area contributed by atoms with Gasteiger partial charge >= 0.3 is 5.97 Å². The van der Waals surface area contributed by atoms with E-state index in [-0.39, 0.29) is 5.76 Å². The largest absolute Gasteiger partial charge is 0.463 e. The Labute approximate surface area is 184 Å². The van der Waals surface area contributed by atoms with E-state index >= 15 is 0 Å². The number of carbonyl (C=O) groups excluding carboxylic acids is 1. The molecule has 0 N–H and O–H groups in total. The summed E-state index contributed by atoms with van der Waals surface area (Å²) in [5.41, 5.74) is 3.85. The number of nitrogens with zero attached hydrogens (tertiary/aromatic N) is 2. The van der Waals surface area contributed by atoms with Crippen LogP contribution in [-0.4, -0.2) is 22.9 Å². The minimum Gasteiger partial charge on any atom is -0.463 e. The van der Waals surface area contributed by atoms with Gasteiger partial charge < -0.3 is 9.15 Å². The van der Waals surface area contributed by atoms with E-state index in [0.717, 1.165) is 31.5 Å². The van der Waals surface area contributed by atoms with Crippen LogP contribution < -0.4 is 0 Å². The van der Waals surface area contributed by atoms with Crippen molar-refractivity contribution in [1.29, 1.82) is 0 Å². The van der Waals surface area contributed by atoms with E-state index in [9.17, 15) is 4.79 Å². The number of ether oxygens (including phenoxy) is 1. The number of carbonyl (C=O) groups is 1. The molecule has 0 spiro atoms. The Balaban J connectivity index is 1.74. The molecule has 0 aliphatic heterocycles. The highest BCUT2D eigenvalue weighted by molar-refractivity contribution is 9.10. The van der Waals surface area contributed by atoms with Gasteiger partial charge in [-0.25, -0.2) is 4.79 Å². The second kappa shape index (κ2) is 8.39. The third-order valence-corrected chi connectivity index (χ3v) is 5.47. The zero-order valence-corrected chi connectivity index (χ0v) is 18.6. The lowest BCUT2D eigenvalue weighted by Gasteiger charge is -2.06. The molecule has 4 aromatic rings. The zero-order chi connectivity index (χ0) is 20.4. The lowest BCUT2D eigenvalue weighted by atomic mass is 10.1. The van der Waals surface area contributed by atoms with Crippen LogP contribution in [0.25, 0.3) is 22.5 Å². The molecule has 2 aromatic heterocycles. The van der Waals surface area contributed by atoms with Crippen LogP contribution in [0.3, 0.4) is 0 Å². The van der Waals surface area contributed by atoms with Crippen molar-refractivity contribution in [3.05, 3.63) is 87.2 Å². The van der Waals surface area contributed by atoms with Gasteiger partial charge in [0.15, 0.2) is 0 Å². The van der Waals surface area contributed by atoms with Gasteiger partial charge in [-0.3, -0.25) is 4.68 Å². The molecule has 4 rings (SSSR count). The van der Waals surface area contributed by atoms with Crippen LogP contribution in [0.15, 0.2) is 80.1 Å². The molecule has 0 atom stereocenters. The van der Waals surface area contributed by atoms with Crippen molar-refractivity contribution < 1.29 is 13.9 Å². The van der Waals surface area contributed by atoms with Gasteiger partial charge in [-0.05, 0) is 48.0 Å². The number of furan rings is 1. The van der Waals surface area contributed by atoms with Crippen LogP contribution in [0, 0.1) is 0 Å². The van der Waals surface area contributed by atoms with E-state index in [1.54, 1.807) is 12.1 Å². The number of hydrogen-bond donors (Lipinski definition) is 0. The number of halogens is 2. The fraction of sp³-hybridized carbons (Fsp3) is 0.0909. The predicted octanol–water partition coefficient (Wildman–Crippen LogP) is 6.17. The Morgan fingerprint density at radius 1 is 0.966 bits per heavy atom. The van der Waals surface area contributed by atoms with Gasteiger partial charge in [-0.15, -0.1) is 0 Å². The predicted molar refractivity (Wildman–Crippen MR) is 118 cm³/mol. The molecular formula is C22H16Br2N2O3. The first-order valence-electron chi connectivity index (χ1n) is 8.80. The molecule has 0 radical (unpaired) electrons. The normalized spacial score (nSPS) is 10.9. The lowest BCUT2D eigenvalue weighted by molar-refractivity contribution is 0.0563. The highest BCUT2D eigenvalue weighted by Gasteiger charge is 2.16. The Bertz CT molecular complexity index is 1150. The summed E-state index contributed by atoms with van der Waals surface area (Å²) in [5.74, 6) is 0.294. The lowest BCUT2D eigenvalue weighted by Crippen LogP contribution is -2.03. The molecule has 0 amide bonds. The number of methoxy groups -OCH3 is 1. The van der Waals surface area contributed by atoms with Gasteiger partial charge in [0.2, 0.25) is 5.76 Å². The summed E-state index contributed by atoms with van der Waals surface area (Å²) < 4.78 is 14.2. The Morgan fingerprint density at radius 2 is 1.59 bits per heavy atom. The molecule has 0 aliphatic carbocycles. The maximum Gasteiger partial charge on any atom is 0.373 e. The topological polar surface area (TPSA) is 57.3 Å². The van der Waals surface area contributed by atoms with Crippen molar-refractivity contribution in [3.8, 4) is 22.5 Å². The number of hydrogen-bond acceptors (Lipinski definition) is 4. The minimum atomic E-state index is -0.500. The highest BCUT2D eigenvalue weighted by Crippen LogP contribution is 2.29. The Hall–Kier alpha value is -2.64. The fourth-order valence-corrected chi connectivity index (χ4v) is 3.50. The van der Waals surface area contributed by atoms with Crippen LogP contribution >= 0.6 is 31.9 Å². The average Bonchev–Trinajstić information content (AvgIpc) is 3.36. The SMILES string of the molecule is COC(=O)c1ccc(Cn2nc(-c3ccc(Br)cc3)cc2-c2ccc(Br)cc2)o1. The van der Waals surface area contributed by atoms with Crippen LogP contribution in [0.5, 0.6) is 0 Å². The first kappa shape index (κ1) is 19.7. The number of benzene rings is 2. The van der Waals surface area contributed by atoms with Crippen LogP contribution in [0.2, 0.25) is 0 Å². The average molecular weight is 516 g/mol. The van der Waals surface area contributed by atoms with Crippen molar-refractivity contribution in [2.75, 3.05) is 7.11 Å². The van der Waals surface area contributed by atoms with Gasteiger partial charge in [0.1, 0.15) is 5.76 Å². The summed E-state index contributed by atoms with van der Waals surface area (Å²) >= 11 is 6.94. The van der Waals surface area contributed by atoms with Gasteiger partial charge in [0.05, 0.1) is 25.0 Å². The summed E-state index contributed by atoms with van der Waals surface area (Å²) in [7, 11) is 1.33. The summed E-state index contributed by atoms with van der Waals surface area (Å²) in [6.07, 6.45) is 0. The highest BCUT2D eigenvalue weighted by atomic mass is 79.9. The molecule has 146 valence electrons. The van der Waals surface area contributed by atoms with E-state index < -0.39 is 5.97 Å². The van der Waals surface area contributed by atoms with Crippen LogP contribution in [0.4, 0.5) is 0 Å². The van der Waals surface area contributed by atoms with E-state index in [1.165, 1.54) is 7.11 Å². The molecule has 7 heteroatoms. The van der Waals surface area contributed by atoms with Crippen LogP contribution in [-0.2, 0) is 11.3 Å². The standard InChI is InChI=1S/C22H16Br2N2O3/c1-28-22(27)21-11-10-18(29-21)13-26-20(15-4-8-17(24)9-5-15)12-19(25-26)14-2-6-16(23)7-3-14/h2-12H,13H2,1H3. The van der Waals surface area contributed by atoms with Crippen molar-refractivity contribution in [1.82, 2.24) is 9.78 Å². The molecule has 0 saturated heterocycles. The summed E-state index contributed by atoms with van der Waals surface area (Å²) in [4.78, 5) is 11.7. The summed E-state index contributed by atoms with van der Waals surface area (Å²) in [6, 6.07) is 21.5. The fourth-order valence-electron chi connectivity index (χ4n) is 2.97. The van der Waals surface area contributed by atoms with E-state index in [4.69, 9.17) is 14.3 Å². The first-order valence-corrected chi connectivity index (χ1v) is 10.4. The molecule has 29 heavy (non-hydrogen) atoms. The quantitative estimate of drug-likeness (QED) is 0.298. The molecule has 0 saturated carbocycles. The minimum absolute atomic E-state index is 0.174. The summed E-state index contributed by atoms with van der Waals surface area (Å²) in [6.45, 7) is 0.388. The van der Waals surface area contributed by atoms with E-state index in [0.29, 0.717) is 12.3 Å². The zero-order valence-electron chi connectivity index (χ0n) is 15.4. The van der Waals surface area contributed by atoms with Gasteiger partial charge in [0, 0.05) is 14.5 Å². The van der Waals surface area contributed by atoms with Gasteiger partial charge in [-0.1, -0.05) is 56.1 Å². The second-order valence-corrected chi connectivity index (χ2v) is 8.18. The van der Waals surface area contributed by atoms with Gasteiger partial charge in [-0.2, -0.15) is 5.10 Å². The third kappa shape index (κ3) is 4.36. The molecular weight excluding hydrogens is 500 g/mol. The molecule has 2 aromatic carbocycles. The monoisotopic (exact) mass is 514 g/mol. The number of rotatable bonds is 5. The van der Waals surface area contributed by atoms with Crippen molar-refractivity contribution in [3.63, 3.8) is 0 Å². The maximum atomic E-state index is 11.7. The maximum absolute atomic E-state index is 11.7. The Morgan fingerprint density at radius 3 is 2.21 bits per heavy atom. The first-order chi connectivity index (χ1) is 14.0. The third-order valence-electron chi connectivity index (χ3n) is 4.41. The van der Waals surface area contributed by atoms with Gasteiger partial charge in [0.25, 0.3) is 0 Å². The number of esters is 1. The van der Waals surface area contributed by atoms with Crippen LogP contribution in [0.1, 0.15) is 16.3 Å². The van der Waals surface area contributed by atoms with Crippen molar-refractivity contribution in [2.45, 2.75) is 6.54 Å². The molecule has 2 heterocycles. The molecule has 0 fully saturated rings. The van der Waals surface area contributed by atoms with E-state index in [2.05, 4.69) is 37.9 Å². The second-order valence-electron chi connectivity index (χ2n) is 6.34. The number of aromatic nitrogens is 2. The van der Waals surface area contributed by atoms with E-state index in [1.807, 2.05) is 53.2 Å². The smallest absolute Gasteiger partial charge is 0.373 e. The Kier molecular flexibility index (Phi) is 5.69. The molecule has 0 bridgehead atoms. The van der Waals surface area contributed by atoms with Crippen molar-refractivity contribution in [2.24, 2.45) is 0 Å². The molecule has 0 unspecified atom stereocenters. The molecule has 0 aliphatic rings.